The summed E-state index contributed by atoms with van der Waals surface area (Å²) in [6.07, 6.45) is 0.918. The fourth-order valence-corrected chi connectivity index (χ4v) is 2.10. The SMILES string of the molecule is CCCOc1ccccc1OCC(=O)Nc1cc(C)ccc1C. The third-order valence-electron chi connectivity index (χ3n) is 3.34. The standard InChI is InChI=1S/C19H23NO3/c1-4-11-22-17-7-5-6-8-18(17)23-13-19(21)20-16-12-14(2)9-10-15(16)3/h5-10,12H,4,11,13H2,1-3H3,(H,20,21). The molecule has 122 valence electrons. The lowest BCUT2D eigenvalue weighted by atomic mass is 10.1. The van der Waals surface area contributed by atoms with Gasteiger partial charge in [0.25, 0.3) is 5.91 Å². The molecule has 2 rings (SSSR count). The highest BCUT2D eigenvalue weighted by atomic mass is 16.5. The summed E-state index contributed by atoms with van der Waals surface area (Å²) in [4.78, 5) is 12.1. The van der Waals surface area contributed by atoms with E-state index in [1.165, 1.54) is 0 Å². The molecule has 0 radical (unpaired) electrons. The highest BCUT2D eigenvalue weighted by Crippen LogP contribution is 2.26. The molecule has 2 aromatic carbocycles. The van der Waals surface area contributed by atoms with Crippen molar-refractivity contribution in [3.05, 3.63) is 53.6 Å². The largest absolute Gasteiger partial charge is 0.490 e. The molecule has 1 amide bonds. The summed E-state index contributed by atoms with van der Waals surface area (Å²) in [5.74, 6) is 1.05. The van der Waals surface area contributed by atoms with Crippen LogP contribution >= 0.6 is 0 Å². The van der Waals surface area contributed by atoms with Crippen molar-refractivity contribution in [3.8, 4) is 11.5 Å². The molecule has 0 saturated carbocycles. The summed E-state index contributed by atoms with van der Waals surface area (Å²) in [7, 11) is 0. The Bertz CT molecular complexity index is 667. The van der Waals surface area contributed by atoms with E-state index in [4.69, 9.17) is 9.47 Å². The van der Waals surface area contributed by atoms with Crippen LogP contribution in [-0.4, -0.2) is 19.1 Å². The lowest BCUT2D eigenvalue weighted by Gasteiger charge is -2.13. The number of ether oxygens (including phenoxy) is 2. The van der Waals surface area contributed by atoms with Crippen LogP contribution in [0.25, 0.3) is 0 Å². The van der Waals surface area contributed by atoms with Crippen molar-refractivity contribution in [1.29, 1.82) is 0 Å². The lowest BCUT2D eigenvalue weighted by molar-refractivity contribution is -0.118. The Kier molecular flexibility index (Phi) is 6.03. The second-order valence-corrected chi connectivity index (χ2v) is 5.45. The van der Waals surface area contributed by atoms with Crippen molar-refractivity contribution in [2.45, 2.75) is 27.2 Å². The summed E-state index contributed by atoms with van der Waals surface area (Å²) in [6, 6.07) is 13.3. The number of anilines is 1. The maximum atomic E-state index is 12.1. The van der Waals surface area contributed by atoms with Gasteiger partial charge in [-0.1, -0.05) is 31.2 Å². The Morgan fingerprint density at radius 1 is 1.04 bits per heavy atom. The van der Waals surface area contributed by atoms with E-state index < -0.39 is 0 Å². The number of amides is 1. The number of hydrogen-bond acceptors (Lipinski definition) is 3. The maximum absolute atomic E-state index is 12.1. The van der Waals surface area contributed by atoms with Gasteiger partial charge in [-0.3, -0.25) is 4.79 Å². The minimum atomic E-state index is -0.191. The van der Waals surface area contributed by atoms with Crippen LogP contribution in [0.5, 0.6) is 11.5 Å². The van der Waals surface area contributed by atoms with Crippen molar-refractivity contribution in [1.82, 2.24) is 0 Å². The number of nitrogens with one attached hydrogen (secondary N) is 1. The zero-order valence-electron chi connectivity index (χ0n) is 13.9. The predicted octanol–water partition coefficient (Wildman–Crippen LogP) is 4.11. The molecule has 0 spiro atoms. The van der Waals surface area contributed by atoms with E-state index >= 15 is 0 Å². The zero-order chi connectivity index (χ0) is 16.7. The summed E-state index contributed by atoms with van der Waals surface area (Å²) in [6.45, 7) is 6.56. The maximum Gasteiger partial charge on any atom is 0.262 e. The molecular weight excluding hydrogens is 290 g/mol. The van der Waals surface area contributed by atoms with Gasteiger partial charge in [0, 0.05) is 5.69 Å². The molecule has 4 nitrogen and oxygen atoms in total. The van der Waals surface area contributed by atoms with E-state index in [0.29, 0.717) is 18.1 Å². The molecule has 0 bridgehead atoms. The van der Waals surface area contributed by atoms with Crippen LogP contribution in [0, 0.1) is 13.8 Å². The average molecular weight is 313 g/mol. The van der Waals surface area contributed by atoms with E-state index in [0.717, 1.165) is 23.2 Å². The second kappa shape index (κ2) is 8.22. The monoisotopic (exact) mass is 313 g/mol. The molecular formula is C19H23NO3. The van der Waals surface area contributed by atoms with Gasteiger partial charge in [0.05, 0.1) is 6.61 Å². The average Bonchev–Trinajstić information content (AvgIpc) is 2.55. The first kappa shape index (κ1) is 16.9. The number of para-hydroxylation sites is 2. The first-order valence-electron chi connectivity index (χ1n) is 7.82. The van der Waals surface area contributed by atoms with Gasteiger partial charge in [0.15, 0.2) is 18.1 Å². The fourth-order valence-electron chi connectivity index (χ4n) is 2.10. The number of carbonyl (C=O) groups excluding carboxylic acids is 1. The highest BCUT2D eigenvalue weighted by Gasteiger charge is 2.09. The van der Waals surface area contributed by atoms with Gasteiger partial charge in [-0.15, -0.1) is 0 Å². The lowest BCUT2D eigenvalue weighted by Crippen LogP contribution is -2.21. The van der Waals surface area contributed by atoms with Crippen LogP contribution < -0.4 is 14.8 Å². The van der Waals surface area contributed by atoms with E-state index in [1.54, 1.807) is 6.07 Å². The van der Waals surface area contributed by atoms with Gasteiger partial charge in [-0.2, -0.15) is 0 Å². The van der Waals surface area contributed by atoms with Crippen molar-refractivity contribution in [3.63, 3.8) is 0 Å². The van der Waals surface area contributed by atoms with Crippen LogP contribution in [-0.2, 0) is 4.79 Å². The fraction of sp³-hybridized carbons (Fsp3) is 0.316. The number of benzene rings is 2. The van der Waals surface area contributed by atoms with Crippen molar-refractivity contribution < 1.29 is 14.3 Å². The molecule has 1 N–H and O–H groups in total. The summed E-state index contributed by atoms with van der Waals surface area (Å²) in [5.41, 5.74) is 2.94. The molecule has 4 heteroatoms. The number of aryl methyl sites for hydroxylation is 2. The normalized spacial score (nSPS) is 10.2. The molecule has 0 heterocycles. The van der Waals surface area contributed by atoms with Crippen molar-refractivity contribution in [2.75, 3.05) is 18.5 Å². The molecule has 0 aliphatic heterocycles. The molecule has 0 aliphatic rings. The minimum Gasteiger partial charge on any atom is -0.490 e. The Hall–Kier alpha value is -2.49. The number of carbonyl (C=O) groups is 1. The van der Waals surface area contributed by atoms with Crippen LogP contribution in [0.4, 0.5) is 5.69 Å². The Labute approximate surface area is 137 Å². The van der Waals surface area contributed by atoms with Crippen LogP contribution in [0.2, 0.25) is 0 Å². The Morgan fingerprint density at radius 3 is 2.43 bits per heavy atom. The van der Waals surface area contributed by atoms with Crippen LogP contribution in [0.3, 0.4) is 0 Å². The van der Waals surface area contributed by atoms with E-state index in [-0.39, 0.29) is 12.5 Å². The van der Waals surface area contributed by atoms with Crippen molar-refractivity contribution in [2.24, 2.45) is 0 Å². The van der Waals surface area contributed by atoms with E-state index in [1.807, 2.05) is 57.2 Å². The van der Waals surface area contributed by atoms with Crippen LogP contribution in [0.15, 0.2) is 42.5 Å². The highest BCUT2D eigenvalue weighted by molar-refractivity contribution is 5.92. The molecule has 23 heavy (non-hydrogen) atoms. The Morgan fingerprint density at radius 2 is 1.74 bits per heavy atom. The topological polar surface area (TPSA) is 47.6 Å². The third-order valence-corrected chi connectivity index (χ3v) is 3.34. The third kappa shape index (κ3) is 5.02. The second-order valence-electron chi connectivity index (χ2n) is 5.45. The van der Waals surface area contributed by atoms with Crippen molar-refractivity contribution >= 4 is 11.6 Å². The number of rotatable bonds is 7. The summed E-state index contributed by atoms with van der Waals surface area (Å²) >= 11 is 0. The zero-order valence-corrected chi connectivity index (χ0v) is 13.9. The molecule has 0 aromatic heterocycles. The first-order valence-corrected chi connectivity index (χ1v) is 7.82. The molecule has 0 fully saturated rings. The minimum absolute atomic E-state index is 0.0557. The van der Waals surface area contributed by atoms with E-state index in [9.17, 15) is 4.79 Å². The predicted molar refractivity (Wildman–Crippen MR) is 92.3 cm³/mol. The van der Waals surface area contributed by atoms with Gasteiger partial charge in [-0.25, -0.2) is 0 Å². The Balaban J connectivity index is 1.95. The number of hydrogen-bond donors (Lipinski definition) is 1. The smallest absolute Gasteiger partial charge is 0.262 e. The van der Waals surface area contributed by atoms with E-state index in [2.05, 4.69) is 5.32 Å². The van der Waals surface area contributed by atoms with Crippen LogP contribution in [0.1, 0.15) is 24.5 Å². The molecule has 0 atom stereocenters. The van der Waals surface area contributed by atoms with Gasteiger partial charge in [0.2, 0.25) is 0 Å². The quantitative estimate of drug-likeness (QED) is 0.837. The van der Waals surface area contributed by atoms with Gasteiger partial charge in [-0.05, 0) is 49.6 Å². The molecule has 0 aliphatic carbocycles. The molecule has 0 saturated heterocycles. The molecule has 2 aromatic rings. The summed E-state index contributed by atoms with van der Waals surface area (Å²) in [5, 5.41) is 2.88. The first-order chi connectivity index (χ1) is 11.1. The molecule has 0 unspecified atom stereocenters. The van der Waals surface area contributed by atoms with Gasteiger partial charge < -0.3 is 14.8 Å². The van der Waals surface area contributed by atoms with Gasteiger partial charge >= 0.3 is 0 Å². The summed E-state index contributed by atoms with van der Waals surface area (Å²) < 4.78 is 11.2. The van der Waals surface area contributed by atoms with Gasteiger partial charge in [0.1, 0.15) is 0 Å².